The zero-order chi connectivity index (χ0) is 13.9. The second-order valence-corrected chi connectivity index (χ2v) is 6.06. The lowest BCUT2D eigenvalue weighted by Crippen LogP contribution is -2.29. The minimum Gasteiger partial charge on any atom is -0.258 e. The molecule has 1 aromatic carbocycles. The highest BCUT2D eigenvalue weighted by Crippen LogP contribution is 2.29. The third-order valence-corrected chi connectivity index (χ3v) is 4.67. The number of benzene rings is 1. The van der Waals surface area contributed by atoms with Crippen LogP contribution in [0.2, 0.25) is 0 Å². The number of nitrogens with zero attached hydrogens (tertiary/aromatic N) is 2. The number of hydrogen-bond donors (Lipinski definition) is 0. The molecule has 0 aliphatic heterocycles. The van der Waals surface area contributed by atoms with Crippen LogP contribution in [0.3, 0.4) is 0 Å². The van der Waals surface area contributed by atoms with Crippen LogP contribution in [0, 0.1) is 17.0 Å². The normalized spacial score (nSPS) is 11.8. The van der Waals surface area contributed by atoms with Crippen molar-refractivity contribution in [1.29, 1.82) is 0 Å². The number of nitro benzene ring substituents is 1. The molecule has 0 atom stereocenters. The minimum atomic E-state index is -3.90. The van der Waals surface area contributed by atoms with Crippen LogP contribution in [0.15, 0.2) is 23.1 Å². The fraction of sp³-hybridized carbons (Fsp3) is 0.400. The van der Waals surface area contributed by atoms with Crippen molar-refractivity contribution in [3.05, 3.63) is 33.9 Å². The Balaban J connectivity index is 3.45. The van der Waals surface area contributed by atoms with Crippen LogP contribution in [0.25, 0.3) is 0 Å². The van der Waals surface area contributed by atoms with Crippen molar-refractivity contribution in [3.63, 3.8) is 0 Å². The molecule has 0 aliphatic carbocycles. The summed E-state index contributed by atoms with van der Waals surface area (Å²) in [5, 5.41) is 10.9. The summed E-state index contributed by atoms with van der Waals surface area (Å²) < 4.78 is 25.5. The van der Waals surface area contributed by atoms with Gasteiger partial charge in [-0.1, -0.05) is 12.1 Å². The van der Waals surface area contributed by atoms with Crippen LogP contribution >= 0.6 is 11.6 Å². The van der Waals surface area contributed by atoms with E-state index < -0.39 is 20.6 Å². The van der Waals surface area contributed by atoms with Gasteiger partial charge in [-0.3, -0.25) is 10.1 Å². The highest BCUT2D eigenvalue weighted by atomic mass is 35.5. The summed E-state index contributed by atoms with van der Waals surface area (Å²) in [5.41, 5.74) is -0.0814. The first kappa shape index (κ1) is 14.9. The van der Waals surface area contributed by atoms with Crippen LogP contribution < -0.4 is 0 Å². The van der Waals surface area contributed by atoms with Gasteiger partial charge in [0.2, 0.25) is 10.0 Å². The van der Waals surface area contributed by atoms with Gasteiger partial charge in [-0.2, -0.15) is 4.31 Å². The molecule has 0 bridgehead atoms. The molecular formula is C10H13ClN2O4S. The number of alkyl halides is 1. The lowest BCUT2D eigenvalue weighted by atomic mass is 10.2. The van der Waals surface area contributed by atoms with E-state index in [0.29, 0.717) is 5.56 Å². The zero-order valence-electron chi connectivity index (χ0n) is 9.96. The molecule has 0 saturated heterocycles. The predicted octanol–water partition coefficient (Wildman–Crippen LogP) is 1.76. The topological polar surface area (TPSA) is 80.5 Å². The second kappa shape index (κ2) is 5.64. The van der Waals surface area contributed by atoms with Gasteiger partial charge < -0.3 is 0 Å². The summed E-state index contributed by atoms with van der Waals surface area (Å²) in [6.45, 7) is 1.61. The van der Waals surface area contributed by atoms with Crippen molar-refractivity contribution in [2.45, 2.75) is 11.8 Å². The minimum absolute atomic E-state index is 0.0926. The summed E-state index contributed by atoms with van der Waals surface area (Å²) in [6.07, 6.45) is 0. The molecule has 1 rings (SSSR count). The van der Waals surface area contributed by atoms with E-state index in [-0.39, 0.29) is 17.3 Å². The molecule has 8 heteroatoms. The van der Waals surface area contributed by atoms with Gasteiger partial charge in [-0.25, -0.2) is 8.42 Å². The van der Waals surface area contributed by atoms with Crippen LogP contribution in [0.1, 0.15) is 5.56 Å². The van der Waals surface area contributed by atoms with E-state index in [1.54, 1.807) is 0 Å². The Bertz CT molecular complexity index is 559. The van der Waals surface area contributed by atoms with E-state index in [4.69, 9.17) is 11.6 Å². The average molecular weight is 293 g/mol. The highest BCUT2D eigenvalue weighted by molar-refractivity contribution is 7.89. The van der Waals surface area contributed by atoms with E-state index in [0.717, 1.165) is 4.31 Å². The molecule has 0 aromatic heterocycles. The Hall–Kier alpha value is -1.18. The molecule has 0 fully saturated rings. The van der Waals surface area contributed by atoms with Crippen molar-refractivity contribution < 1.29 is 13.3 Å². The summed E-state index contributed by atoms with van der Waals surface area (Å²) >= 11 is 5.49. The molecular weight excluding hydrogens is 280 g/mol. The number of hydrogen-bond acceptors (Lipinski definition) is 4. The van der Waals surface area contributed by atoms with Crippen molar-refractivity contribution >= 4 is 27.3 Å². The number of halogens is 1. The second-order valence-electron chi connectivity index (χ2n) is 3.70. The summed E-state index contributed by atoms with van der Waals surface area (Å²) in [6, 6.07) is 4.15. The number of rotatable bonds is 5. The van der Waals surface area contributed by atoms with Gasteiger partial charge in [0.25, 0.3) is 5.69 Å². The molecule has 0 aliphatic rings. The smallest absolute Gasteiger partial charge is 0.258 e. The third kappa shape index (κ3) is 2.80. The Kier molecular flexibility index (Phi) is 4.66. The maximum Gasteiger partial charge on any atom is 0.289 e. The first-order valence-corrected chi connectivity index (χ1v) is 7.06. The predicted molar refractivity (Wildman–Crippen MR) is 68.4 cm³/mol. The Morgan fingerprint density at radius 1 is 1.44 bits per heavy atom. The number of aryl methyl sites for hydroxylation is 1. The molecule has 6 nitrogen and oxygen atoms in total. The Morgan fingerprint density at radius 2 is 2.06 bits per heavy atom. The number of sulfonamides is 1. The SMILES string of the molecule is Cc1cccc([N+](=O)[O-])c1S(=O)(=O)N(C)CCCl. The van der Waals surface area contributed by atoms with Crippen LogP contribution in [-0.4, -0.2) is 37.1 Å². The third-order valence-electron chi connectivity index (χ3n) is 2.46. The van der Waals surface area contributed by atoms with Gasteiger partial charge in [-0.15, -0.1) is 11.6 Å². The van der Waals surface area contributed by atoms with Crippen molar-refractivity contribution in [1.82, 2.24) is 4.31 Å². The van der Waals surface area contributed by atoms with E-state index in [2.05, 4.69) is 0 Å². The van der Waals surface area contributed by atoms with Crippen molar-refractivity contribution in [2.75, 3.05) is 19.5 Å². The fourth-order valence-corrected chi connectivity index (χ4v) is 3.39. The van der Waals surface area contributed by atoms with E-state index in [9.17, 15) is 18.5 Å². The van der Waals surface area contributed by atoms with Gasteiger partial charge in [0.1, 0.15) is 0 Å². The van der Waals surface area contributed by atoms with E-state index in [1.807, 2.05) is 0 Å². The average Bonchev–Trinajstić information content (AvgIpc) is 2.28. The van der Waals surface area contributed by atoms with E-state index in [1.165, 1.54) is 32.2 Å². The van der Waals surface area contributed by atoms with E-state index >= 15 is 0 Å². The Labute approximate surface area is 110 Å². The standard InChI is InChI=1S/C10H13ClN2O4S/c1-8-4-3-5-9(13(14)15)10(8)18(16,17)12(2)7-6-11/h3-5H,6-7H2,1-2H3. The molecule has 0 heterocycles. The summed E-state index contributed by atoms with van der Waals surface area (Å²) in [5.74, 6) is 0.120. The van der Waals surface area contributed by atoms with Gasteiger partial charge in [0, 0.05) is 25.5 Å². The summed E-state index contributed by atoms with van der Waals surface area (Å²) in [7, 11) is -2.56. The molecule has 1 aromatic rings. The van der Waals surface area contributed by atoms with Gasteiger partial charge >= 0.3 is 0 Å². The van der Waals surface area contributed by atoms with Gasteiger partial charge in [-0.05, 0) is 12.5 Å². The first-order valence-electron chi connectivity index (χ1n) is 5.08. The molecule has 100 valence electrons. The largest absolute Gasteiger partial charge is 0.289 e. The molecule has 0 unspecified atom stereocenters. The molecule has 0 amide bonds. The lowest BCUT2D eigenvalue weighted by molar-refractivity contribution is -0.387. The Morgan fingerprint density at radius 3 is 2.56 bits per heavy atom. The number of nitro groups is 1. The van der Waals surface area contributed by atoms with Crippen molar-refractivity contribution in [2.24, 2.45) is 0 Å². The fourth-order valence-electron chi connectivity index (χ4n) is 1.51. The molecule has 0 N–H and O–H groups in total. The van der Waals surface area contributed by atoms with Crippen LogP contribution in [-0.2, 0) is 10.0 Å². The molecule has 0 spiro atoms. The quantitative estimate of drug-likeness (QED) is 0.470. The zero-order valence-corrected chi connectivity index (χ0v) is 11.5. The van der Waals surface area contributed by atoms with Crippen molar-refractivity contribution in [3.8, 4) is 0 Å². The lowest BCUT2D eigenvalue weighted by Gasteiger charge is -2.17. The molecule has 0 radical (unpaired) electrons. The van der Waals surface area contributed by atoms with Crippen LogP contribution in [0.4, 0.5) is 5.69 Å². The molecule has 0 saturated carbocycles. The highest BCUT2D eigenvalue weighted by Gasteiger charge is 2.30. The maximum atomic E-state index is 12.2. The monoisotopic (exact) mass is 292 g/mol. The first-order chi connectivity index (χ1) is 8.32. The maximum absolute atomic E-state index is 12.2. The van der Waals surface area contributed by atoms with Gasteiger partial charge in [0.05, 0.1) is 4.92 Å². The molecule has 18 heavy (non-hydrogen) atoms. The summed E-state index contributed by atoms with van der Waals surface area (Å²) in [4.78, 5) is 9.92. The van der Waals surface area contributed by atoms with Crippen LogP contribution in [0.5, 0.6) is 0 Å². The van der Waals surface area contributed by atoms with Gasteiger partial charge in [0.15, 0.2) is 4.90 Å².